The predicted octanol–water partition coefficient (Wildman–Crippen LogP) is 4.40. The quantitative estimate of drug-likeness (QED) is 0.522. The fourth-order valence-corrected chi connectivity index (χ4v) is 2.28. The van der Waals surface area contributed by atoms with Gasteiger partial charge in [-0.3, -0.25) is 0 Å². The van der Waals surface area contributed by atoms with Crippen molar-refractivity contribution >= 4 is 15.9 Å². The molecule has 1 atom stereocenters. The maximum absolute atomic E-state index is 11.8. The van der Waals surface area contributed by atoms with E-state index in [1.165, 1.54) is 0 Å². The van der Waals surface area contributed by atoms with E-state index in [1.807, 2.05) is 0 Å². The summed E-state index contributed by atoms with van der Waals surface area (Å²) >= 11 is 3.39. The van der Waals surface area contributed by atoms with Crippen molar-refractivity contribution in [2.75, 3.05) is 18.5 Å². The lowest BCUT2D eigenvalue weighted by Gasteiger charge is -2.28. The molecule has 16 heavy (non-hydrogen) atoms. The Kier molecular flexibility index (Phi) is 6.94. The zero-order valence-electron chi connectivity index (χ0n) is 10.0. The summed E-state index contributed by atoms with van der Waals surface area (Å²) in [4.78, 5) is 0. The SMILES string of the molecule is CC(C)(C)C(CBr)COCCCC(F)(F)F. The van der Waals surface area contributed by atoms with E-state index >= 15 is 0 Å². The zero-order chi connectivity index (χ0) is 12.8. The Morgan fingerprint density at radius 2 is 1.75 bits per heavy atom. The fourth-order valence-electron chi connectivity index (χ4n) is 1.13. The first-order valence-corrected chi connectivity index (χ1v) is 6.49. The number of halogens is 4. The summed E-state index contributed by atoms with van der Waals surface area (Å²) in [5, 5.41) is 0.801. The monoisotopic (exact) mass is 304 g/mol. The predicted molar refractivity (Wildman–Crippen MR) is 62.8 cm³/mol. The zero-order valence-corrected chi connectivity index (χ0v) is 11.6. The second-order valence-electron chi connectivity index (χ2n) is 5.01. The number of hydrogen-bond donors (Lipinski definition) is 0. The molecule has 0 saturated carbocycles. The summed E-state index contributed by atoms with van der Waals surface area (Å²) in [5.41, 5.74) is 0.105. The van der Waals surface area contributed by atoms with E-state index in [0.29, 0.717) is 12.5 Å². The standard InChI is InChI=1S/C11H20BrF3O/c1-10(2,3)9(7-12)8-16-6-4-5-11(13,14)15/h9H,4-8H2,1-3H3. The molecule has 0 saturated heterocycles. The van der Waals surface area contributed by atoms with E-state index in [9.17, 15) is 13.2 Å². The Balaban J connectivity index is 3.65. The van der Waals surface area contributed by atoms with Crippen molar-refractivity contribution in [3.8, 4) is 0 Å². The van der Waals surface area contributed by atoms with Crippen molar-refractivity contribution in [1.29, 1.82) is 0 Å². The third-order valence-corrected chi connectivity index (χ3v) is 3.26. The second-order valence-corrected chi connectivity index (χ2v) is 5.66. The molecule has 1 unspecified atom stereocenters. The Labute approximate surface area is 104 Å². The topological polar surface area (TPSA) is 9.23 Å². The van der Waals surface area contributed by atoms with Crippen LogP contribution in [-0.4, -0.2) is 24.7 Å². The second kappa shape index (κ2) is 6.84. The molecule has 0 heterocycles. The van der Waals surface area contributed by atoms with Crippen LogP contribution in [0.25, 0.3) is 0 Å². The van der Waals surface area contributed by atoms with Gasteiger partial charge >= 0.3 is 6.18 Å². The van der Waals surface area contributed by atoms with Gasteiger partial charge in [-0.25, -0.2) is 0 Å². The fraction of sp³-hybridized carbons (Fsp3) is 1.00. The van der Waals surface area contributed by atoms with Crippen LogP contribution in [0.5, 0.6) is 0 Å². The Hall–Kier alpha value is 0.230. The molecule has 0 N–H and O–H groups in total. The Morgan fingerprint density at radius 1 is 1.19 bits per heavy atom. The summed E-state index contributed by atoms with van der Waals surface area (Å²) in [6.45, 7) is 6.97. The molecule has 0 aromatic rings. The highest BCUT2D eigenvalue weighted by molar-refractivity contribution is 9.09. The molecule has 98 valence electrons. The lowest BCUT2D eigenvalue weighted by molar-refractivity contribution is -0.138. The van der Waals surface area contributed by atoms with Gasteiger partial charge in [-0.1, -0.05) is 36.7 Å². The van der Waals surface area contributed by atoms with Gasteiger partial charge in [-0.15, -0.1) is 0 Å². The molecule has 0 aromatic carbocycles. The van der Waals surface area contributed by atoms with E-state index in [0.717, 1.165) is 5.33 Å². The molecular weight excluding hydrogens is 285 g/mol. The molecule has 5 heteroatoms. The first kappa shape index (κ1) is 16.2. The average Bonchev–Trinajstić information content (AvgIpc) is 2.07. The largest absolute Gasteiger partial charge is 0.389 e. The van der Waals surface area contributed by atoms with Gasteiger partial charge in [0, 0.05) is 18.4 Å². The molecule has 0 radical (unpaired) electrons. The Bertz CT molecular complexity index is 187. The van der Waals surface area contributed by atoms with Crippen molar-refractivity contribution in [1.82, 2.24) is 0 Å². The number of alkyl halides is 4. The van der Waals surface area contributed by atoms with Crippen LogP contribution in [0.15, 0.2) is 0 Å². The third kappa shape index (κ3) is 8.39. The van der Waals surface area contributed by atoms with Crippen LogP contribution in [-0.2, 0) is 4.74 Å². The van der Waals surface area contributed by atoms with Crippen LogP contribution in [0.4, 0.5) is 13.2 Å². The average molecular weight is 305 g/mol. The highest BCUT2D eigenvalue weighted by Crippen LogP contribution is 2.28. The van der Waals surface area contributed by atoms with Crippen molar-refractivity contribution in [3.05, 3.63) is 0 Å². The van der Waals surface area contributed by atoms with Crippen LogP contribution < -0.4 is 0 Å². The van der Waals surface area contributed by atoms with Gasteiger partial charge in [-0.05, 0) is 17.8 Å². The lowest BCUT2D eigenvalue weighted by Crippen LogP contribution is -2.26. The molecule has 0 aliphatic heterocycles. The van der Waals surface area contributed by atoms with Crippen molar-refractivity contribution in [3.63, 3.8) is 0 Å². The third-order valence-electron chi connectivity index (χ3n) is 2.48. The van der Waals surface area contributed by atoms with Crippen molar-refractivity contribution < 1.29 is 17.9 Å². The molecule has 0 bridgehead atoms. The van der Waals surface area contributed by atoms with Gasteiger partial charge in [0.15, 0.2) is 0 Å². The molecule has 0 spiro atoms. The molecule has 0 aromatic heterocycles. The van der Waals surface area contributed by atoms with Crippen molar-refractivity contribution in [2.45, 2.75) is 39.8 Å². The van der Waals surface area contributed by atoms with E-state index in [2.05, 4.69) is 36.7 Å². The van der Waals surface area contributed by atoms with Crippen LogP contribution in [0, 0.1) is 11.3 Å². The van der Waals surface area contributed by atoms with Gasteiger partial charge in [0.2, 0.25) is 0 Å². The van der Waals surface area contributed by atoms with Gasteiger partial charge in [0.05, 0.1) is 6.61 Å². The van der Waals surface area contributed by atoms with Gasteiger partial charge in [-0.2, -0.15) is 13.2 Å². The first-order chi connectivity index (χ1) is 7.17. The summed E-state index contributed by atoms with van der Waals surface area (Å²) in [6, 6.07) is 0. The van der Waals surface area contributed by atoms with E-state index in [-0.39, 0.29) is 18.4 Å². The molecule has 0 aliphatic carbocycles. The van der Waals surface area contributed by atoms with Crippen LogP contribution in [0.2, 0.25) is 0 Å². The van der Waals surface area contributed by atoms with Crippen molar-refractivity contribution in [2.24, 2.45) is 11.3 Å². The Morgan fingerprint density at radius 3 is 2.12 bits per heavy atom. The minimum absolute atomic E-state index is 0.0443. The molecule has 0 rings (SSSR count). The first-order valence-electron chi connectivity index (χ1n) is 5.37. The smallest absolute Gasteiger partial charge is 0.381 e. The summed E-state index contributed by atoms with van der Waals surface area (Å²) in [5.74, 6) is 0.318. The molecule has 1 nitrogen and oxygen atoms in total. The summed E-state index contributed by atoms with van der Waals surface area (Å²) in [6.07, 6.45) is -4.79. The minimum Gasteiger partial charge on any atom is -0.381 e. The molecular formula is C11H20BrF3O. The number of hydrogen-bond acceptors (Lipinski definition) is 1. The highest BCUT2D eigenvalue weighted by atomic mass is 79.9. The molecule has 0 fully saturated rings. The van der Waals surface area contributed by atoms with Gasteiger partial charge < -0.3 is 4.74 Å². The van der Waals surface area contributed by atoms with E-state index in [1.54, 1.807) is 0 Å². The van der Waals surface area contributed by atoms with Gasteiger partial charge in [0.1, 0.15) is 0 Å². The maximum Gasteiger partial charge on any atom is 0.389 e. The maximum atomic E-state index is 11.8. The highest BCUT2D eigenvalue weighted by Gasteiger charge is 2.26. The van der Waals surface area contributed by atoms with E-state index in [4.69, 9.17) is 4.74 Å². The molecule has 0 aliphatic rings. The van der Waals surface area contributed by atoms with Crippen LogP contribution >= 0.6 is 15.9 Å². The molecule has 0 amide bonds. The normalized spacial score (nSPS) is 15.2. The number of rotatable bonds is 6. The van der Waals surface area contributed by atoms with Gasteiger partial charge in [0.25, 0.3) is 0 Å². The van der Waals surface area contributed by atoms with Crippen LogP contribution in [0.3, 0.4) is 0 Å². The summed E-state index contributed by atoms with van der Waals surface area (Å²) in [7, 11) is 0. The van der Waals surface area contributed by atoms with E-state index < -0.39 is 12.6 Å². The van der Waals surface area contributed by atoms with Crippen LogP contribution in [0.1, 0.15) is 33.6 Å². The summed E-state index contributed by atoms with van der Waals surface area (Å²) < 4.78 is 40.8. The minimum atomic E-state index is -4.07. The number of ether oxygens (including phenoxy) is 1. The lowest BCUT2D eigenvalue weighted by atomic mass is 9.83.